The Morgan fingerprint density at radius 2 is 1.80 bits per heavy atom. The van der Waals surface area contributed by atoms with E-state index in [4.69, 9.17) is 4.42 Å². The van der Waals surface area contributed by atoms with Crippen LogP contribution >= 0.6 is 0 Å². The minimum Gasteiger partial charge on any atom is -0.468 e. The number of aliphatic hydroxyl groups excluding tert-OH is 1. The van der Waals surface area contributed by atoms with Gasteiger partial charge >= 0.3 is 0 Å². The van der Waals surface area contributed by atoms with Gasteiger partial charge in [0.1, 0.15) is 5.76 Å². The van der Waals surface area contributed by atoms with Gasteiger partial charge in [0.25, 0.3) is 0 Å². The summed E-state index contributed by atoms with van der Waals surface area (Å²) in [5.74, 6) is 0.983. The van der Waals surface area contributed by atoms with Gasteiger partial charge in [0, 0.05) is 25.7 Å². The topological polar surface area (TPSA) is 39.9 Å². The Morgan fingerprint density at radius 1 is 1.04 bits per heavy atom. The summed E-state index contributed by atoms with van der Waals surface area (Å²) in [7, 11) is 2.07. The normalized spacial score (nSPS) is 16.8. The summed E-state index contributed by atoms with van der Waals surface area (Å²) in [5.41, 5.74) is 1.28. The summed E-state index contributed by atoms with van der Waals surface area (Å²) in [6.07, 6.45) is 6.42. The number of aliphatic hydroxyl groups is 1. The highest BCUT2D eigenvalue weighted by molar-refractivity contribution is 5.14. The maximum Gasteiger partial charge on any atom is 0.117 e. The van der Waals surface area contributed by atoms with Gasteiger partial charge in [0.2, 0.25) is 0 Å². The predicted octanol–water partition coefficient (Wildman–Crippen LogP) is 3.52. The molecule has 0 amide bonds. The van der Waals surface area contributed by atoms with E-state index >= 15 is 0 Å². The van der Waals surface area contributed by atoms with Crippen LogP contribution in [-0.2, 0) is 13.1 Å². The quantitative estimate of drug-likeness (QED) is 0.757. The molecule has 1 fully saturated rings. The molecule has 0 bridgehead atoms. The van der Waals surface area contributed by atoms with Crippen LogP contribution in [0.3, 0.4) is 0 Å². The van der Waals surface area contributed by atoms with E-state index in [0.717, 1.165) is 18.8 Å². The highest BCUT2D eigenvalue weighted by Crippen LogP contribution is 2.25. The van der Waals surface area contributed by atoms with Gasteiger partial charge in [-0.3, -0.25) is 9.80 Å². The third kappa shape index (κ3) is 5.70. The third-order valence-corrected chi connectivity index (χ3v) is 5.04. The molecule has 0 radical (unpaired) electrons. The summed E-state index contributed by atoms with van der Waals surface area (Å²) in [6.45, 7) is 3.03. The van der Waals surface area contributed by atoms with E-state index in [1.807, 2.05) is 18.2 Å². The maximum absolute atomic E-state index is 10.6. The van der Waals surface area contributed by atoms with Crippen LogP contribution in [0.4, 0.5) is 0 Å². The fourth-order valence-corrected chi connectivity index (χ4v) is 3.86. The highest BCUT2D eigenvalue weighted by atomic mass is 16.3. The molecule has 2 aromatic rings. The molecule has 1 aliphatic carbocycles. The maximum atomic E-state index is 10.6. The zero-order valence-electron chi connectivity index (χ0n) is 15.2. The first-order valence-corrected chi connectivity index (χ1v) is 9.37. The molecular weight excluding hydrogens is 312 g/mol. The monoisotopic (exact) mass is 342 g/mol. The van der Waals surface area contributed by atoms with Crippen molar-refractivity contribution in [2.45, 2.75) is 50.9 Å². The number of hydrogen-bond acceptors (Lipinski definition) is 4. The van der Waals surface area contributed by atoms with Crippen molar-refractivity contribution in [2.24, 2.45) is 0 Å². The van der Waals surface area contributed by atoms with Crippen molar-refractivity contribution in [2.75, 3.05) is 20.1 Å². The molecule has 1 aromatic carbocycles. The molecule has 1 heterocycles. The molecule has 1 N–H and O–H groups in total. The van der Waals surface area contributed by atoms with Gasteiger partial charge in [-0.05, 0) is 37.6 Å². The summed E-state index contributed by atoms with van der Waals surface area (Å²) >= 11 is 0. The lowest BCUT2D eigenvalue weighted by Crippen LogP contribution is -2.42. The highest BCUT2D eigenvalue weighted by Gasteiger charge is 2.25. The van der Waals surface area contributed by atoms with Crippen molar-refractivity contribution >= 4 is 0 Å². The molecule has 3 rings (SSSR count). The Balaban J connectivity index is 1.52. The van der Waals surface area contributed by atoms with Crippen LogP contribution < -0.4 is 0 Å². The van der Waals surface area contributed by atoms with Crippen LogP contribution in [0.15, 0.2) is 53.1 Å². The van der Waals surface area contributed by atoms with Crippen LogP contribution in [-0.4, -0.2) is 47.2 Å². The zero-order chi connectivity index (χ0) is 17.5. The second-order valence-corrected chi connectivity index (χ2v) is 7.28. The smallest absolute Gasteiger partial charge is 0.117 e. The first-order valence-electron chi connectivity index (χ1n) is 9.37. The molecule has 0 saturated heterocycles. The average Bonchev–Trinajstić information content (AvgIpc) is 3.28. The fraction of sp³-hybridized carbons (Fsp3) is 0.524. The molecular formula is C21H30N2O2. The first kappa shape index (κ1) is 18.2. The van der Waals surface area contributed by atoms with Crippen molar-refractivity contribution in [1.29, 1.82) is 0 Å². The third-order valence-electron chi connectivity index (χ3n) is 5.04. The molecule has 4 nitrogen and oxygen atoms in total. The molecule has 25 heavy (non-hydrogen) atoms. The van der Waals surface area contributed by atoms with Crippen molar-refractivity contribution < 1.29 is 9.52 Å². The number of furan rings is 1. The predicted molar refractivity (Wildman–Crippen MR) is 100 cm³/mol. The summed E-state index contributed by atoms with van der Waals surface area (Å²) in [4.78, 5) is 4.60. The lowest BCUT2D eigenvalue weighted by molar-refractivity contribution is 0.0556. The number of rotatable bonds is 9. The second-order valence-electron chi connectivity index (χ2n) is 7.28. The van der Waals surface area contributed by atoms with E-state index in [0.29, 0.717) is 19.1 Å². The van der Waals surface area contributed by atoms with E-state index in [-0.39, 0.29) is 6.10 Å². The second kappa shape index (κ2) is 9.18. The van der Waals surface area contributed by atoms with E-state index in [1.165, 1.54) is 31.2 Å². The number of benzene rings is 1. The van der Waals surface area contributed by atoms with Crippen LogP contribution in [0.25, 0.3) is 0 Å². The minimum atomic E-state index is -0.357. The molecule has 1 unspecified atom stereocenters. The standard InChI is InChI=1S/C21H30N2O2/c1-22(14-18-8-3-2-4-9-18)15-20(24)16-23(19-10-5-6-11-19)17-21-12-7-13-25-21/h2-4,7-9,12-13,19-20,24H,5-6,10-11,14-17H2,1H3. The molecule has 1 aliphatic rings. The van der Waals surface area contributed by atoms with Gasteiger partial charge in [-0.2, -0.15) is 0 Å². The van der Waals surface area contributed by atoms with Gasteiger partial charge in [-0.25, -0.2) is 0 Å². The van der Waals surface area contributed by atoms with Crippen molar-refractivity contribution in [1.82, 2.24) is 9.80 Å². The lowest BCUT2D eigenvalue weighted by Gasteiger charge is -2.31. The first-order chi connectivity index (χ1) is 12.2. The Bertz CT molecular complexity index is 594. The van der Waals surface area contributed by atoms with E-state index < -0.39 is 0 Å². The summed E-state index contributed by atoms with van der Waals surface area (Å²) in [6, 6.07) is 14.9. The Hall–Kier alpha value is -1.62. The van der Waals surface area contributed by atoms with E-state index in [9.17, 15) is 5.11 Å². The Morgan fingerprint density at radius 3 is 2.48 bits per heavy atom. The molecule has 0 aliphatic heterocycles. The average molecular weight is 342 g/mol. The molecule has 136 valence electrons. The number of likely N-dealkylation sites (N-methyl/N-ethyl adjacent to an activating group) is 1. The van der Waals surface area contributed by atoms with Gasteiger partial charge in [0.15, 0.2) is 0 Å². The molecule has 1 aromatic heterocycles. The van der Waals surface area contributed by atoms with Gasteiger partial charge < -0.3 is 9.52 Å². The Kier molecular flexibility index (Phi) is 6.68. The van der Waals surface area contributed by atoms with Crippen LogP contribution in [0.1, 0.15) is 37.0 Å². The van der Waals surface area contributed by atoms with Crippen molar-refractivity contribution in [3.8, 4) is 0 Å². The molecule has 1 atom stereocenters. The van der Waals surface area contributed by atoms with Crippen molar-refractivity contribution in [3.05, 3.63) is 60.1 Å². The van der Waals surface area contributed by atoms with E-state index in [2.05, 4.69) is 41.1 Å². The van der Waals surface area contributed by atoms with Crippen molar-refractivity contribution in [3.63, 3.8) is 0 Å². The van der Waals surface area contributed by atoms with Gasteiger partial charge in [-0.15, -0.1) is 0 Å². The molecule has 4 heteroatoms. The molecule has 0 spiro atoms. The largest absolute Gasteiger partial charge is 0.468 e. The van der Waals surface area contributed by atoms with Gasteiger partial charge in [-0.1, -0.05) is 43.2 Å². The van der Waals surface area contributed by atoms with Crippen LogP contribution in [0, 0.1) is 0 Å². The fourth-order valence-electron chi connectivity index (χ4n) is 3.86. The summed E-state index contributed by atoms with van der Waals surface area (Å²) < 4.78 is 5.53. The van der Waals surface area contributed by atoms with Crippen LogP contribution in [0.2, 0.25) is 0 Å². The van der Waals surface area contributed by atoms with Crippen LogP contribution in [0.5, 0.6) is 0 Å². The summed E-state index contributed by atoms with van der Waals surface area (Å²) in [5, 5.41) is 10.6. The van der Waals surface area contributed by atoms with E-state index in [1.54, 1.807) is 6.26 Å². The zero-order valence-corrected chi connectivity index (χ0v) is 15.2. The Labute approximate surface area is 151 Å². The number of hydrogen-bond donors (Lipinski definition) is 1. The molecule has 1 saturated carbocycles. The number of nitrogens with zero attached hydrogens (tertiary/aromatic N) is 2. The lowest BCUT2D eigenvalue weighted by atomic mass is 10.1. The minimum absolute atomic E-state index is 0.357. The SMILES string of the molecule is CN(Cc1ccccc1)CC(O)CN(Cc1ccco1)C1CCCC1. The van der Waals surface area contributed by atoms with Gasteiger partial charge in [0.05, 0.1) is 18.9 Å².